The van der Waals surface area contributed by atoms with Crippen LogP contribution in [0.2, 0.25) is 0 Å². The summed E-state index contributed by atoms with van der Waals surface area (Å²) in [6.07, 6.45) is -3.00. The lowest BCUT2D eigenvalue weighted by Gasteiger charge is -2.39. The van der Waals surface area contributed by atoms with Crippen LogP contribution < -0.4 is 4.74 Å². The second-order valence-electron chi connectivity index (χ2n) is 8.34. The predicted molar refractivity (Wildman–Crippen MR) is 123 cm³/mol. The number of ether oxygens (including phenoxy) is 3. The normalized spacial score (nSPS) is 28.6. The van der Waals surface area contributed by atoms with E-state index in [0.29, 0.717) is 11.1 Å². The molecule has 2 aliphatic rings. The van der Waals surface area contributed by atoms with E-state index in [1.165, 1.54) is 48.6 Å². The summed E-state index contributed by atoms with van der Waals surface area (Å²) in [7, 11) is 0. The maximum Gasteiger partial charge on any atom is 0.330 e. The molecule has 0 aromatic heterocycles. The van der Waals surface area contributed by atoms with Crippen molar-refractivity contribution in [2.24, 2.45) is 0 Å². The molecule has 1 fully saturated rings. The van der Waals surface area contributed by atoms with E-state index in [0.717, 1.165) is 6.08 Å². The molecule has 4 bridgehead atoms. The number of carbonyl (C=O) groups excluding carboxylic acids is 2. The van der Waals surface area contributed by atoms with Crippen LogP contribution >= 0.6 is 0 Å². The third-order valence-electron chi connectivity index (χ3n) is 5.75. The zero-order valence-corrected chi connectivity index (χ0v) is 18.7. The molecule has 5 atom stereocenters. The van der Waals surface area contributed by atoms with Gasteiger partial charge in [0.1, 0.15) is 31.0 Å². The van der Waals surface area contributed by atoms with Crippen molar-refractivity contribution < 1.29 is 54.4 Å². The fourth-order valence-corrected chi connectivity index (χ4v) is 3.76. The number of allylic oxidation sites excluding steroid dienone is 1. The van der Waals surface area contributed by atoms with Crippen LogP contribution in [0.15, 0.2) is 42.5 Å². The van der Waals surface area contributed by atoms with Gasteiger partial charge in [0.05, 0.1) is 0 Å². The number of ketones is 1. The van der Waals surface area contributed by atoms with Gasteiger partial charge in [-0.1, -0.05) is 12.1 Å². The summed E-state index contributed by atoms with van der Waals surface area (Å²) in [6, 6.07) is 6.55. The molecular formula is C25H24O11. The average Bonchev–Trinajstić information content (AvgIpc) is 2.84. The lowest BCUT2D eigenvalue weighted by Crippen LogP contribution is -2.60. The minimum absolute atomic E-state index is 0.136. The molecule has 2 aromatic rings. The highest BCUT2D eigenvalue weighted by atomic mass is 16.7. The number of carbonyl (C=O) groups is 2. The molecule has 0 saturated carbocycles. The molecule has 1 saturated heterocycles. The number of hydrogen-bond acceptors (Lipinski definition) is 11. The van der Waals surface area contributed by atoms with Crippen molar-refractivity contribution in [1.82, 2.24) is 0 Å². The minimum atomic E-state index is -1.71. The van der Waals surface area contributed by atoms with E-state index in [2.05, 4.69) is 0 Å². The SMILES string of the molecule is O=C1/C=C/c2ccc(O)c(c2)O[C@@H]2O[C@H](COC(=O)/C=C/c3cc(O)c(O)cc3C1)[C@@H](O)[C@H](O)[C@H]2O. The molecule has 0 amide bonds. The van der Waals surface area contributed by atoms with Crippen molar-refractivity contribution in [3.05, 3.63) is 59.2 Å². The molecule has 2 heterocycles. The van der Waals surface area contributed by atoms with E-state index in [4.69, 9.17) is 14.2 Å². The van der Waals surface area contributed by atoms with E-state index < -0.39 is 54.8 Å². The van der Waals surface area contributed by atoms with Crippen LogP contribution in [0.3, 0.4) is 0 Å². The lowest BCUT2D eigenvalue weighted by atomic mass is 9.99. The van der Waals surface area contributed by atoms with Gasteiger partial charge in [-0.25, -0.2) is 4.79 Å². The van der Waals surface area contributed by atoms with Gasteiger partial charge < -0.3 is 44.8 Å². The molecule has 11 heteroatoms. The summed E-state index contributed by atoms with van der Waals surface area (Å²) < 4.78 is 16.1. The number of benzene rings is 2. The Bertz CT molecular complexity index is 1220. The largest absolute Gasteiger partial charge is 0.504 e. The molecular weight excluding hydrogens is 476 g/mol. The summed E-state index contributed by atoms with van der Waals surface area (Å²) in [5.74, 6) is -2.60. The fraction of sp³-hybridized carbons (Fsp3) is 0.280. The van der Waals surface area contributed by atoms with Gasteiger partial charge in [-0.3, -0.25) is 4.79 Å². The molecule has 36 heavy (non-hydrogen) atoms. The molecule has 6 N–H and O–H groups in total. The molecule has 2 aliphatic heterocycles. The smallest absolute Gasteiger partial charge is 0.330 e. The highest BCUT2D eigenvalue weighted by Crippen LogP contribution is 2.32. The first-order valence-corrected chi connectivity index (χ1v) is 10.9. The first-order valence-electron chi connectivity index (χ1n) is 10.9. The number of cyclic esters (lactones) is 1. The van der Waals surface area contributed by atoms with Gasteiger partial charge in [0.25, 0.3) is 0 Å². The second kappa shape index (κ2) is 10.4. The van der Waals surface area contributed by atoms with Gasteiger partial charge in [0.15, 0.2) is 28.8 Å². The summed E-state index contributed by atoms with van der Waals surface area (Å²) in [6.45, 7) is -0.519. The number of rotatable bonds is 0. The third-order valence-corrected chi connectivity index (χ3v) is 5.75. The number of aliphatic hydroxyl groups excluding tert-OH is 3. The Kier molecular flexibility index (Phi) is 7.27. The predicted octanol–water partition coefficient (Wildman–Crippen LogP) is 0.385. The Morgan fingerprint density at radius 1 is 0.778 bits per heavy atom. The van der Waals surface area contributed by atoms with Crippen LogP contribution in [0.1, 0.15) is 16.7 Å². The van der Waals surface area contributed by atoms with Gasteiger partial charge >= 0.3 is 5.97 Å². The Balaban J connectivity index is 1.72. The van der Waals surface area contributed by atoms with Crippen molar-refractivity contribution in [3.8, 4) is 23.0 Å². The molecule has 190 valence electrons. The molecule has 11 nitrogen and oxygen atoms in total. The Labute approximate surface area is 204 Å². The molecule has 0 spiro atoms. The van der Waals surface area contributed by atoms with Crippen molar-refractivity contribution in [1.29, 1.82) is 0 Å². The number of phenols is 3. The summed E-state index contributed by atoms with van der Waals surface area (Å²) in [5, 5.41) is 60.7. The van der Waals surface area contributed by atoms with Crippen molar-refractivity contribution in [3.63, 3.8) is 0 Å². The van der Waals surface area contributed by atoms with E-state index >= 15 is 0 Å². The number of aromatic hydroxyl groups is 3. The third kappa shape index (κ3) is 5.50. The van der Waals surface area contributed by atoms with E-state index in [9.17, 15) is 40.2 Å². The number of esters is 1. The number of phenolic OH excluding ortho intramolecular Hbond substituents is 3. The van der Waals surface area contributed by atoms with Crippen molar-refractivity contribution in [2.75, 3.05) is 6.61 Å². The fourth-order valence-electron chi connectivity index (χ4n) is 3.76. The number of hydrogen-bond donors (Lipinski definition) is 6. The second-order valence-corrected chi connectivity index (χ2v) is 8.34. The van der Waals surface area contributed by atoms with Crippen LogP contribution in [-0.2, 0) is 25.5 Å². The summed E-state index contributed by atoms with van der Waals surface area (Å²) >= 11 is 0. The van der Waals surface area contributed by atoms with Crippen LogP contribution in [0.5, 0.6) is 23.0 Å². The summed E-state index contributed by atoms with van der Waals surface area (Å²) in [4.78, 5) is 24.8. The molecule has 0 unspecified atom stereocenters. The van der Waals surface area contributed by atoms with Gasteiger partial charge in [-0.15, -0.1) is 0 Å². The zero-order valence-electron chi connectivity index (χ0n) is 18.7. The van der Waals surface area contributed by atoms with Crippen LogP contribution in [0, 0.1) is 0 Å². The molecule has 2 aromatic carbocycles. The van der Waals surface area contributed by atoms with E-state index in [1.54, 1.807) is 0 Å². The Morgan fingerprint density at radius 3 is 2.31 bits per heavy atom. The minimum Gasteiger partial charge on any atom is -0.504 e. The van der Waals surface area contributed by atoms with Gasteiger partial charge in [-0.05, 0) is 53.1 Å². The van der Waals surface area contributed by atoms with Gasteiger partial charge in [-0.2, -0.15) is 0 Å². The topological polar surface area (TPSA) is 183 Å². The Hall–Kier alpha value is -3.90. The molecule has 0 aliphatic carbocycles. The quantitative estimate of drug-likeness (QED) is 0.217. The van der Waals surface area contributed by atoms with Crippen LogP contribution in [-0.4, -0.2) is 79.7 Å². The average molecular weight is 500 g/mol. The van der Waals surface area contributed by atoms with Crippen molar-refractivity contribution in [2.45, 2.75) is 37.1 Å². The van der Waals surface area contributed by atoms with E-state index in [-0.39, 0.29) is 29.3 Å². The number of fused-ring (bicyclic) bond motifs is 5. The number of aliphatic hydroxyl groups is 3. The van der Waals surface area contributed by atoms with Gasteiger partial charge in [0.2, 0.25) is 6.29 Å². The Morgan fingerprint density at radius 2 is 1.53 bits per heavy atom. The van der Waals surface area contributed by atoms with Gasteiger partial charge in [0, 0.05) is 12.5 Å². The standard InChI is InChI=1S/C25H24O11/c26-15-4-1-12-2-5-16(27)19(7-12)35-25-24(33)23(32)22(31)20(36-25)11-34-21(30)6-3-13-9-17(28)18(29)10-14(13)8-15/h1-7,9-10,20,22-25,27-29,31-33H,8,11H2/b4-1+,6-3+/t20-,22-,23+,24-,25-/m1/s1. The molecule has 4 rings (SSSR count). The maximum absolute atomic E-state index is 12.6. The monoisotopic (exact) mass is 500 g/mol. The maximum atomic E-state index is 12.6. The molecule has 0 radical (unpaired) electrons. The highest BCUT2D eigenvalue weighted by Gasteiger charge is 2.45. The lowest BCUT2D eigenvalue weighted by molar-refractivity contribution is -0.278. The van der Waals surface area contributed by atoms with E-state index in [1.807, 2.05) is 0 Å². The van der Waals surface area contributed by atoms with Crippen LogP contribution in [0.25, 0.3) is 12.2 Å². The zero-order chi connectivity index (χ0) is 26.0. The highest BCUT2D eigenvalue weighted by molar-refractivity contribution is 5.96. The first-order chi connectivity index (χ1) is 17.1. The first kappa shape index (κ1) is 25.2. The van der Waals surface area contributed by atoms with Crippen molar-refractivity contribution >= 4 is 23.9 Å². The van der Waals surface area contributed by atoms with Crippen LogP contribution in [0.4, 0.5) is 0 Å². The summed E-state index contributed by atoms with van der Waals surface area (Å²) in [5.41, 5.74) is 1.05.